The first-order valence-electron chi connectivity index (χ1n) is 9.73. The quantitative estimate of drug-likeness (QED) is 0.261. The van der Waals surface area contributed by atoms with Gasteiger partial charge in [0.1, 0.15) is 6.61 Å². The van der Waals surface area contributed by atoms with Crippen molar-refractivity contribution in [1.29, 1.82) is 0 Å². The Bertz CT molecular complexity index is 848. The number of hydrogen-bond acceptors (Lipinski definition) is 4. The summed E-state index contributed by atoms with van der Waals surface area (Å²) < 4.78 is 12.0. The number of allylic oxidation sites excluding steroid dienone is 1. The van der Waals surface area contributed by atoms with Gasteiger partial charge < -0.3 is 14.8 Å². The molecular weight excluding hydrogens is 382 g/mol. The third-order valence-corrected chi connectivity index (χ3v) is 4.27. The van der Waals surface area contributed by atoms with Crippen LogP contribution in [0.15, 0.2) is 54.2 Å². The number of ether oxygens (including phenoxy) is 2. The average Bonchev–Trinajstić information content (AvgIpc) is 2.69. The Balaban J connectivity index is 2.25. The van der Waals surface area contributed by atoms with Crippen LogP contribution in [0.2, 0.25) is 0 Å². The minimum atomic E-state index is 0.469. The molecule has 2 N–H and O–H groups in total. The lowest BCUT2D eigenvalue weighted by Gasteiger charge is -2.17. The first kappa shape index (κ1) is 22.4. The van der Waals surface area contributed by atoms with Gasteiger partial charge in [0.2, 0.25) is 0 Å². The van der Waals surface area contributed by atoms with Gasteiger partial charge in [0.05, 0.1) is 12.8 Å². The van der Waals surface area contributed by atoms with Gasteiger partial charge in [-0.15, -0.1) is 6.58 Å². The Morgan fingerprint density at radius 3 is 2.59 bits per heavy atom. The Morgan fingerprint density at radius 2 is 1.93 bits per heavy atom. The van der Waals surface area contributed by atoms with Gasteiger partial charge in [-0.25, -0.2) is 0 Å². The normalized spacial score (nSPS) is 10.6. The molecule has 2 aromatic carbocycles. The van der Waals surface area contributed by atoms with E-state index in [-0.39, 0.29) is 0 Å². The number of benzene rings is 2. The van der Waals surface area contributed by atoms with Gasteiger partial charge in [0.15, 0.2) is 16.6 Å². The van der Waals surface area contributed by atoms with Crippen LogP contribution < -0.4 is 20.2 Å². The molecule has 0 spiro atoms. The van der Waals surface area contributed by atoms with Crippen molar-refractivity contribution in [3.8, 4) is 11.5 Å². The third-order valence-electron chi connectivity index (χ3n) is 4.04. The van der Waals surface area contributed by atoms with Crippen LogP contribution in [0.4, 0.5) is 0 Å². The molecule has 0 unspecified atom stereocenters. The van der Waals surface area contributed by atoms with Crippen LogP contribution in [-0.4, -0.2) is 24.5 Å². The van der Waals surface area contributed by atoms with Gasteiger partial charge in [-0.3, -0.25) is 5.43 Å². The number of hydrogen-bond donors (Lipinski definition) is 2. The summed E-state index contributed by atoms with van der Waals surface area (Å²) in [7, 11) is 0. The summed E-state index contributed by atoms with van der Waals surface area (Å²) in [5, 5.41) is 7.67. The summed E-state index contributed by atoms with van der Waals surface area (Å²) in [5.41, 5.74) is 7.01. The van der Waals surface area contributed by atoms with Crippen molar-refractivity contribution in [3.05, 3.63) is 71.3 Å². The average molecular weight is 412 g/mol. The third kappa shape index (κ3) is 7.23. The molecule has 0 radical (unpaired) electrons. The number of thiocarbonyl (C=S) groups is 1. The molecule has 2 aromatic rings. The van der Waals surface area contributed by atoms with E-state index in [2.05, 4.69) is 53.6 Å². The first-order valence-corrected chi connectivity index (χ1v) is 10.1. The zero-order valence-corrected chi connectivity index (χ0v) is 18.1. The van der Waals surface area contributed by atoms with Crippen molar-refractivity contribution in [3.63, 3.8) is 0 Å². The predicted molar refractivity (Wildman–Crippen MR) is 124 cm³/mol. The monoisotopic (exact) mass is 411 g/mol. The molecule has 0 amide bonds. The van der Waals surface area contributed by atoms with E-state index in [1.165, 1.54) is 5.56 Å². The van der Waals surface area contributed by atoms with Crippen molar-refractivity contribution in [1.82, 2.24) is 10.7 Å². The highest BCUT2D eigenvalue weighted by Crippen LogP contribution is 2.34. The molecule has 0 saturated carbocycles. The second-order valence-electron chi connectivity index (χ2n) is 6.44. The van der Waals surface area contributed by atoms with Gasteiger partial charge >= 0.3 is 0 Å². The highest BCUT2D eigenvalue weighted by molar-refractivity contribution is 7.80. The van der Waals surface area contributed by atoms with Gasteiger partial charge in [-0.05, 0) is 62.7 Å². The Labute approximate surface area is 178 Å². The van der Waals surface area contributed by atoms with Crippen LogP contribution in [0.3, 0.4) is 0 Å². The fourth-order valence-electron chi connectivity index (χ4n) is 2.70. The van der Waals surface area contributed by atoms with E-state index in [9.17, 15) is 0 Å². The molecule has 0 aliphatic rings. The van der Waals surface area contributed by atoms with Crippen LogP contribution in [0.5, 0.6) is 11.5 Å². The fourth-order valence-corrected chi connectivity index (χ4v) is 2.89. The molecule has 0 fully saturated rings. The van der Waals surface area contributed by atoms with E-state index in [1.807, 2.05) is 32.1 Å². The molecule has 0 heterocycles. The van der Waals surface area contributed by atoms with Gasteiger partial charge in [0, 0.05) is 12.1 Å². The Hall–Kier alpha value is -2.86. The summed E-state index contributed by atoms with van der Waals surface area (Å²) in [6, 6.07) is 12.2. The molecular formula is C23H29N3O2S. The maximum atomic E-state index is 6.17. The molecule has 6 heteroatoms. The summed E-state index contributed by atoms with van der Waals surface area (Å²) in [6.45, 7) is 11.6. The smallest absolute Gasteiger partial charge is 0.186 e. The van der Waals surface area contributed by atoms with Crippen molar-refractivity contribution in [2.75, 3.05) is 13.2 Å². The van der Waals surface area contributed by atoms with Gasteiger partial charge in [0.25, 0.3) is 0 Å². The van der Waals surface area contributed by atoms with Gasteiger partial charge in [-0.1, -0.05) is 35.9 Å². The molecule has 2 rings (SSSR count). The van der Waals surface area contributed by atoms with E-state index < -0.39 is 0 Å². The first-order chi connectivity index (χ1) is 14.1. The topological polar surface area (TPSA) is 54.9 Å². The SMILES string of the molecule is C=CCc1cc(/C=N\NC(=S)NCC)cc(OCC)c1OCc1ccc(C)cc1. The maximum absolute atomic E-state index is 6.17. The fraction of sp³-hybridized carbons (Fsp3) is 0.304. The van der Waals surface area contributed by atoms with Crippen LogP contribution in [0, 0.1) is 6.92 Å². The molecule has 0 aliphatic carbocycles. The molecule has 0 bridgehead atoms. The van der Waals surface area contributed by atoms with Crippen molar-refractivity contribution >= 4 is 23.5 Å². The summed E-state index contributed by atoms with van der Waals surface area (Å²) in [4.78, 5) is 0. The zero-order chi connectivity index (χ0) is 21.1. The molecule has 0 aromatic heterocycles. The van der Waals surface area contributed by atoms with E-state index in [0.29, 0.717) is 30.5 Å². The van der Waals surface area contributed by atoms with Crippen LogP contribution in [-0.2, 0) is 13.0 Å². The maximum Gasteiger partial charge on any atom is 0.186 e. The molecule has 5 nitrogen and oxygen atoms in total. The molecule has 29 heavy (non-hydrogen) atoms. The summed E-state index contributed by atoms with van der Waals surface area (Å²) in [5.74, 6) is 1.43. The number of aryl methyl sites for hydroxylation is 1. The molecule has 0 saturated heterocycles. The van der Waals surface area contributed by atoms with E-state index in [1.54, 1.807) is 6.21 Å². The number of nitrogens with one attached hydrogen (secondary N) is 2. The lowest BCUT2D eigenvalue weighted by molar-refractivity contribution is 0.267. The van der Waals surface area contributed by atoms with Crippen molar-refractivity contribution in [2.24, 2.45) is 5.10 Å². The van der Waals surface area contributed by atoms with E-state index in [4.69, 9.17) is 21.7 Å². The molecule has 0 atom stereocenters. The summed E-state index contributed by atoms with van der Waals surface area (Å²) in [6.07, 6.45) is 4.22. The number of hydrazone groups is 1. The summed E-state index contributed by atoms with van der Waals surface area (Å²) >= 11 is 5.12. The molecule has 0 aliphatic heterocycles. The highest BCUT2D eigenvalue weighted by Gasteiger charge is 2.13. The van der Waals surface area contributed by atoms with Crippen molar-refractivity contribution in [2.45, 2.75) is 33.8 Å². The number of nitrogens with zero attached hydrogens (tertiary/aromatic N) is 1. The van der Waals surface area contributed by atoms with E-state index in [0.717, 1.165) is 29.0 Å². The lowest BCUT2D eigenvalue weighted by Crippen LogP contribution is -2.31. The largest absolute Gasteiger partial charge is 0.490 e. The predicted octanol–water partition coefficient (Wildman–Crippen LogP) is 4.52. The van der Waals surface area contributed by atoms with Crippen LogP contribution in [0.25, 0.3) is 0 Å². The standard InChI is InChI=1S/C23H29N3O2S/c1-5-8-20-13-19(15-25-26-23(29)24-6-2)14-21(27-7-3)22(20)28-16-18-11-9-17(4)10-12-18/h5,9-15H,1,6-8,16H2,2-4H3,(H2,24,26,29)/b25-15-. The second kappa shape index (κ2) is 11.9. The highest BCUT2D eigenvalue weighted by atomic mass is 32.1. The zero-order valence-electron chi connectivity index (χ0n) is 17.3. The molecule has 154 valence electrons. The number of rotatable bonds is 10. The van der Waals surface area contributed by atoms with Crippen molar-refractivity contribution < 1.29 is 9.47 Å². The second-order valence-corrected chi connectivity index (χ2v) is 6.85. The Kier molecular flexibility index (Phi) is 9.18. The minimum Gasteiger partial charge on any atom is -0.490 e. The lowest BCUT2D eigenvalue weighted by atomic mass is 10.1. The van der Waals surface area contributed by atoms with Crippen LogP contribution >= 0.6 is 12.2 Å². The minimum absolute atomic E-state index is 0.469. The van der Waals surface area contributed by atoms with Gasteiger partial charge in [-0.2, -0.15) is 5.10 Å². The van der Waals surface area contributed by atoms with Crippen LogP contribution in [0.1, 0.15) is 36.1 Å². The van der Waals surface area contributed by atoms with E-state index >= 15 is 0 Å². The Morgan fingerprint density at radius 1 is 1.17 bits per heavy atom.